The van der Waals surface area contributed by atoms with Crippen molar-refractivity contribution in [1.29, 1.82) is 0 Å². The van der Waals surface area contributed by atoms with Gasteiger partial charge in [0.2, 0.25) is 5.91 Å². The van der Waals surface area contributed by atoms with Gasteiger partial charge in [-0.2, -0.15) is 0 Å². The number of aryl methyl sites for hydroxylation is 1. The molecule has 0 aliphatic carbocycles. The third-order valence-corrected chi connectivity index (χ3v) is 3.23. The smallest absolute Gasteiger partial charge is 0.292 e. The van der Waals surface area contributed by atoms with Gasteiger partial charge >= 0.3 is 0 Å². The van der Waals surface area contributed by atoms with Crippen molar-refractivity contribution in [2.75, 3.05) is 11.9 Å². The lowest BCUT2D eigenvalue weighted by molar-refractivity contribution is -0.383. The van der Waals surface area contributed by atoms with E-state index in [1.54, 1.807) is 12.1 Å². The molecule has 0 saturated carbocycles. The van der Waals surface area contributed by atoms with Crippen molar-refractivity contribution < 1.29 is 9.72 Å². The fraction of sp³-hybridized carbons (Fsp3) is 0.462. The molecule has 0 radical (unpaired) electrons. The van der Waals surface area contributed by atoms with Crippen LogP contribution in [0, 0.1) is 17.0 Å². The van der Waals surface area contributed by atoms with Crippen LogP contribution in [0.3, 0.4) is 0 Å². The molecule has 1 saturated heterocycles. The number of piperidine rings is 1. The van der Waals surface area contributed by atoms with Crippen LogP contribution in [0.15, 0.2) is 18.2 Å². The maximum Gasteiger partial charge on any atom is 0.292 e. The highest BCUT2D eigenvalue weighted by Gasteiger charge is 2.23. The molecule has 0 bridgehead atoms. The summed E-state index contributed by atoms with van der Waals surface area (Å²) in [4.78, 5) is 22.5. The van der Waals surface area contributed by atoms with Crippen molar-refractivity contribution in [3.05, 3.63) is 33.9 Å². The molecule has 1 fully saturated rings. The predicted octanol–water partition coefficient (Wildman–Crippen LogP) is 1.98. The normalized spacial score (nSPS) is 18.9. The van der Waals surface area contributed by atoms with Crippen molar-refractivity contribution >= 4 is 17.3 Å². The summed E-state index contributed by atoms with van der Waals surface area (Å²) < 4.78 is 0. The van der Waals surface area contributed by atoms with E-state index in [1.807, 2.05) is 6.92 Å². The summed E-state index contributed by atoms with van der Waals surface area (Å²) in [5.41, 5.74) is 1.06. The SMILES string of the molecule is Cc1ccc([N+](=O)[O-])c(NC(=O)C2CCCCN2)c1. The molecule has 102 valence electrons. The number of carbonyl (C=O) groups excluding carboxylic acids is 1. The van der Waals surface area contributed by atoms with Crippen molar-refractivity contribution in [3.8, 4) is 0 Å². The van der Waals surface area contributed by atoms with Gasteiger partial charge in [-0.15, -0.1) is 0 Å². The first-order chi connectivity index (χ1) is 9.08. The summed E-state index contributed by atoms with van der Waals surface area (Å²) in [6.07, 6.45) is 2.83. The third kappa shape index (κ3) is 3.29. The van der Waals surface area contributed by atoms with E-state index in [0.717, 1.165) is 31.4 Å². The lowest BCUT2D eigenvalue weighted by Crippen LogP contribution is -2.43. The van der Waals surface area contributed by atoms with E-state index in [4.69, 9.17) is 0 Å². The standard InChI is InChI=1S/C13H17N3O3/c1-9-5-6-12(16(18)19)11(8-9)15-13(17)10-4-2-3-7-14-10/h5-6,8,10,14H,2-4,7H2,1H3,(H,15,17). The molecule has 1 aliphatic heterocycles. The summed E-state index contributed by atoms with van der Waals surface area (Å²) in [6, 6.07) is 4.44. The van der Waals surface area contributed by atoms with E-state index in [9.17, 15) is 14.9 Å². The van der Waals surface area contributed by atoms with Gasteiger partial charge in [-0.05, 0) is 37.9 Å². The zero-order chi connectivity index (χ0) is 13.8. The second-order valence-electron chi connectivity index (χ2n) is 4.77. The molecule has 0 aromatic heterocycles. The van der Waals surface area contributed by atoms with Gasteiger partial charge in [-0.25, -0.2) is 0 Å². The summed E-state index contributed by atoms with van der Waals surface area (Å²) >= 11 is 0. The van der Waals surface area contributed by atoms with Gasteiger partial charge < -0.3 is 10.6 Å². The van der Waals surface area contributed by atoms with Crippen molar-refractivity contribution in [3.63, 3.8) is 0 Å². The quantitative estimate of drug-likeness (QED) is 0.645. The second kappa shape index (κ2) is 5.79. The molecule has 6 nitrogen and oxygen atoms in total. The van der Waals surface area contributed by atoms with Crippen LogP contribution < -0.4 is 10.6 Å². The minimum atomic E-state index is -0.483. The lowest BCUT2D eigenvalue weighted by atomic mass is 10.0. The van der Waals surface area contributed by atoms with Crippen molar-refractivity contribution in [2.45, 2.75) is 32.2 Å². The van der Waals surface area contributed by atoms with Crippen molar-refractivity contribution in [1.82, 2.24) is 5.32 Å². The molecule has 2 N–H and O–H groups in total. The average molecular weight is 263 g/mol. The number of anilines is 1. The van der Waals surface area contributed by atoms with Gasteiger partial charge in [0.1, 0.15) is 5.69 Å². The molecule has 1 amide bonds. The molecule has 1 atom stereocenters. The highest BCUT2D eigenvalue weighted by atomic mass is 16.6. The number of nitro groups is 1. The lowest BCUT2D eigenvalue weighted by Gasteiger charge is -2.22. The average Bonchev–Trinajstić information content (AvgIpc) is 2.39. The minimum absolute atomic E-state index is 0.0743. The molecule has 1 aliphatic rings. The second-order valence-corrected chi connectivity index (χ2v) is 4.77. The maximum absolute atomic E-state index is 12.1. The van der Waals surface area contributed by atoms with Crippen LogP contribution in [-0.4, -0.2) is 23.4 Å². The van der Waals surface area contributed by atoms with Crippen LogP contribution in [0.5, 0.6) is 0 Å². The predicted molar refractivity (Wildman–Crippen MR) is 72.1 cm³/mol. The van der Waals surface area contributed by atoms with E-state index < -0.39 is 4.92 Å². The Morgan fingerprint density at radius 2 is 2.26 bits per heavy atom. The summed E-state index contributed by atoms with van der Waals surface area (Å²) in [5, 5.41) is 16.7. The van der Waals surface area contributed by atoms with Gasteiger partial charge in [0.05, 0.1) is 11.0 Å². The van der Waals surface area contributed by atoms with Gasteiger partial charge in [-0.1, -0.05) is 12.5 Å². The first kappa shape index (κ1) is 13.5. The number of hydrogen-bond acceptors (Lipinski definition) is 4. The topological polar surface area (TPSA) is 84.3 Å². The highest BCUT2D eigenvalue weighted by Crippen LogP contribution is 2.25. The molecule has 2 rings (SSSR count). The molecule has 1 aromatic rings. The molecule has 19 heavy (non-hydrogen) atoms. The molecule has 1 unspecified atom stereocenters. The van der Waals surface area contributed by atoms with Crippen LogP contribution >= 0.6 is 0 Å². The fourth-order valence-corrected chi connectivity index (χ4v) is 2.20. The summed E-state index contributed by atoms with van der Waals surface area (Å²) in [6.45, 7) is 2.65. The van der Waals surface area contributed by atoms with Crippen LogP contribution in [0.1, 0.15) is 24.8 Å². The Labute approximate surface area is 111 Å². The minimum Gasteiger partial charge on any atom is -0.319 e. The maximum atomic E-state index is 12.1. The number of benzene rings is 1. The largest absolute Gasteiger partial charge is 0.319 e. The van der Waals surface area contributed by atoms with Gasteiger partial charge in [0, 0.05) is 6.07 Å². The van der Waals surface area contributed by atoms with E-state index in [1.165, 1.54) is 6.07 Å². The fourth-order valence-electron chi connectivity index (χ4n) is 2.20. The number of amides is 1. The van der Waals surface area contributed by atoms with Crippen LogP contribution in [0.25, 0.3) is 0 Å². The van der Waals surface area contributed by atoms with Gasteiger partial charge in [0.25, 0.3) is 5.69 Å². The van der Waals surface area contributed by atoms with Crippen molar-refractivity contribution in [2.24, 2.45) is 0 Å². The van der Waals surface area contributed by atoms with Crippen LogP contribution in [0.4, 0.5) is 11.4 Å². The number of nitro benzene ring substituents is 1. The number of carbonyl (C=O) groups is 1. The van der Waals surface area contributed by atoms with Crippen LogP contribution in [0.2, 0.25) is 0 Å². The molecule has 1 heterocycles. The summed E-state index contributed by atoms with van der Waals surface area (Å²) in [5.74, 6) is -0.201. The third-order valence-electron chi connectivity index (χ3n) is 3.23. The Morgan fingerprint density at radius 1 is 1.47 bits per heavy atom. The number of hydrogen-bond donors (Lipinski definition) is 2. The summed E-state index contributed by atoms with van der Waals surface area (Å²) in [7, 11) is 0. The zero-order valence-electron chi connectivity index (χ0n) is 10.8. The first-order valence-electron chi connectivity index (χ1n) is 6.37. The van der Waals surface area contributed by atoms with Gasteiger partial charge in [0.15, 0.2) is 0 Å². The molecular weight excluding hydrogens is 246 g/mol. The Balaban J connectivity index is 2.15. The Kier molecular flexibility index (Phi) is 4.11. The van der Waals surface area contributed by atoms with E-state index in [-0.39, 0.29) is 23.3 Å². The zero-order valence-corrected chi connectivity index (χ0v) is 10.8. The van der Waals surface area contributed by atoms with E-state index in [2.05, 4.69) is 10.6 Å². The monoisotopic (exact) mass is 263 g/mol. The Hall–Kier alpha value is -1.95. The highest BCUT2D eigenvalue weighted by molar-refractivity contribution is 5.96. The molecule has 0 spiro atoms. The van der Waals surface area contributed by atoms with E-state index >= 15 is 0 Å². The number of nitrogens with one attached hydrogen (secondary N) is 2. The molecule has 1 aromatic carbocycles. The Bertz CT molecular complexity index is 496. The molecule has 6 heteroatoms. The molecular formula is C13H17N3O3. The number of nitrogens with zero attached hydrogens (tertiary/aromatic N) is 1. The Morgan fingerprint density at radius 3 is 2.89 bits per heavy atom. The first-order valence-corrected chi connectivity index (χ1v) is 6.37. The van der Waals surface area contributed by atoms with Crippen LogP contribution in [-0.2, 0) is 4.79 Å². The van der Waals surface area contributed by atoms with E-state index in [0.29, 0.717) is 0 Å². The number of rotatable bonds is 3. The van der Waals surface area contributed by atoms with Gasteiger partial charge in [-0.3, -0.25) is 14.9 Å².